The lowest BCUT2D eigenvalue weighted by atomic mass is 10.1. The number of fused-ring (bicyclic) bond motifs is 1. The molecule has 0 atom stereocenters. The van der Waals surface area contributed by atoms with Crippen molar-refractivity contribution < 1.29 is 18.0 Å². The lowest BCUT2D eigenvalue weighted by Crippen LogP contribution is -2.17. The zero-order valence-electron chi connectivity index (χ0n) is 15.0. The maximum Gasteiger partial charge on any atom is 0.416 e. The molecule has 0 unspecified atom stereocenters. The van der Waals surface area contributed by atoms with Crippen molar-refractivity contribution in [2.75, 3.05) is 0 Å². The van der Waals surface area contributed by atoms with Crippen LogP contribution in [-0.4, -0.2) is 27.3 Å². The second kappa shape index (κ2) is 8.05. The van der Waals surface area contributed by atoms with Crippen molar-refractivity contribution in [3.8, 4) is 0 Å². The molecule has 1 heterocycles. The van der Waals surface area contributed by atoms with Gasteiger partial charge in [0.2, 0.25) is 0 Å². The number of alkyl halides is 3. The number of aromatic amines is 1. The van der Waals surface area contributed by atoms with Crippen molar-refractivity contribution in [2.45, 2.75) is 30.4 Å². The van der Waals surface area contributed by atoms with Crippen molar-refractivity contribution >= 4 is 34.9 Å². The summed E-state index contributed by atoms with van der Waals surface area (Å²) in [5, 5.41) is 4.88. The molecule has 0 radical (unpaired) electrons. The number of rotatable bonds is 5. The van der Waals surface area contributed by atoms with E-state index >= 15 is 0 Å². The van der Waals surface area contributed by atoms with Crippen LogP contribution in [0.2, 0.25) is 0 Å². The number of hydrogen-bond donors (Lipinski definition) is 2. The SMILES string of the molecule is CC(C)Sc1nc2ccc(C(=O)N/N=C\c3cccc(C(F)(F)F)c3)cc2[nH]1. The zero-order chi connectivity index (χ0) is 20.3. The van der Waals surface area contributed by atoms with Gasteiger partial charge < -0.3 is 4.98 Å². The molecule has 2 aromatic carbocycles. The Morgan fingerprint density at radius 3 is 2.75 bits per heavy atom. The highest BCUT2D eigenvalue weighted by Crippen LogP contribution is 2.29. The van der Waals surface area contributed by atoms with Crippen molar-refractivity contribution in [3.63, 3.8) is 0 Å². The van der Waals surface area contributed by atoms with Crippen molar-refractivity contribution in [1.82, 2.24) is 15.4 Å². The van der Waals surface area contributed by atoms with Crippen LogP contribution in [0.15, 0.2) is 52.7 Å². The smallest absolute Gasteiger partial charge is 0.333 e. The number of benzene rings is 2. The van der Waals surface area contributed by atoms with Gasteiger partial charge in [-0.2, -0.15) is 18.3 Å². The van der Waals surface area contributed by atoms with Crippen LogP contribution in [0.5, 0.6) is 0 Å². The molecule has 5 nitrogen and oxygen atoms in total. The molecule has 2 N–H and O–H groups in total. The lowest BCUT2D eigenvalue weighted by molar-refractivity contribution is -0.137. The molecule has 0 saturated heterocycles. The van der Waals surface area contributed by atoms with E-state index in [2.05, 4.69) is 34.3 Å². The molecule has 9 heteroatoms. The number of aromatic nitrogens is 2. The van der Waals surface area contributed by atoms with Crippen LogP contribution >= 0.6 is 11.8 Å². The molecule has 0 spiro atoms. The Balaban J connectivity index is 1.70. The summed E-state index contributed by atoms with van der Waals surface area (Å²) in [6, 6.07) is 9.67. The van der Waals surface area contributed by atoms with E-state index in [4.69, 9.17) is 0 Å². The maximum absolute atomic E-state index is 12.7. The first kappa shape index (κ1) is 19.9. The standard InChI is InChI=1S/C19H17F3N4OS/c1-11(2)28-18-24-15-7-6-13(9-16(15)25-18)17(27)26-23-10-12-4-3-5-14(8-12)19(20,21)22/h3-11H,1-2H3,(H,24,25)(H,26,27)/b23-10-. The monoisotopic (exact) mass is 406 g/mol. The normalized spacial score (nSPS) is 12.2. The Labute approximate surface area is 163 Å². The largest absolute Gasteiger partial charge is 0.416 e. The van der Waals surface area contributed by atoms with Gasteiger partial charge in [-0.05, 0) is 35.9 Å². The molecular weight excluding hydrogens is 389 g/mol. The minimum Gasteiger partial charge on any atom is -0.333 e. The second-order valence-electron chi connectivity index (χ2n) is 6.26. The van der Waals surface area contributed by atoms with Gasteiger partial charge in [0, 0.05) is 10.8 Å². The third-order valence-electron chi connectivity index (χ3n) is 3.66. The van der Waals surface area contributed by atoms with E-state index in [1.807, 2.05) is 0 Å². The third kappa shape index (κ3) is 4.92. The van der Waals surface area contributed by atoms with Crippen molar-refractivity contribution in [3.05, 3.63) is 59.2 Å². The number of carbonyl (C=O) groups excluding carboxylic acids is 1. The zero-order valence-corrected chi connectivity index (χ0v) is 15.9. The van der Waals surface area contributed by atoms with Crippen LogP contribution in [0, 0.1) is 0 Å². The number of H-pyrrole nitrogens is 1. The molecule has 3 rings (SSSR count). The Kier molecular flexibility index (Phi) is 5.73. The van der Waals surface area contributed by atoms with E-state index in [1.54, 1.807) is 30.0 Å². The predicted molar refractivity (Wildman–Crippen MR) is 104 cm³/mol. The minimum atomic E-state index is -4.43. The number of hydrogen-bond acceptors (Lipinski definition) is 4. The average Bonchev–Trinajstić information content (AvgIpc) is 3.01. The molecular formula is C19H17F3N4OS. The summed E-state index contributed by atoms with van der Waals surface area (Å²) in [4.78, 5) is 19.8. The van der Waals surface area contributed by atoms with Gasteiger partial charge in [0.05, 0.1) is 22.8 Å². The predicted octanol–water partition coefficient (Wildman–Crippen LogP) is 4.85. The second-order valence-corrected chi connectivity index (χ2v) is 7.83. The first-order valence-electron chi connectivity index (χ1n) is 8.39. The van der Waals surface area contributed by atoms with Gasteiger partial charge in [-0.3, -0.25) is 4.79 Å². The Bertz CT molecular complexity index is 1030. The van der Waals surface area contributed by atoms with Crippen molar-refractivity contribution in [1.29, 1.82) is 0 Å². The number of hydrazone groups is 1. The number of nitrogens with zero attached hydrogens (tertiary/aromatic N) is 2. The highest BCUT2D eigenvalue weighted by molar-refractivity contribution is 7.99. The van der Waals surface area contributed by atoms with E-state index < -0.39 is 17.6 Å². The third-order valence-corrected chi connectivity index (χ3v) is 4.55. The molecule has 146 valence electrons. The van der Waals surface area contributed by atoms with Crippen LogP contribution in [-0.2, 0) is 6.18 Å². The summed E-state index contributed by atoms with van der Waals surface area (Å²) < 4.78 is 38.1. The Hall–Kier alpha value is -2.81. The number of imidazole rings is 1. The summed E-state index contributed by atoms with van der Waals surface area (Å²) >= 11 is 1.58. The van der Waals surface area contributed by atoms with Gasteiger partial charge in [-0.25, -0.2) is 10.4 Å². The number of halogens is 3. The Morgan fingerprint density at radius 2 is 2.04 bits per heavy atom. The molecule has 3 aromatic rings. The maximum atomic E-state index is 12.7. The van der Waals surface area contributed by atoms with Crippen LogP contribution in [0.25, 0.3) is 11.0 Å². The number of carbonyl (C=O) groups is 1. The topological polar surface area (TPSA) is 70.1 Å². The van der Waals surface area contributed by atoms with Crippen LogP contribution in [0.1, 0.15) is 35.3 Å². The van der Waals surface area contributed by atoms with Crippen molar-refractivity contribution in [2.24, 2.45) is 5.10 Å². The van der Waals surface area contributed by atoms with Crippen LogP contribution in [0.3, 0.4) is 0 Å². The van der Waals surface area contributed by atoms with Gasteiger partial charge in [-0.15, -0.1) is 0 Å². The first-order chi connectivity index (χ1) is 13.2. The number of amides is 1. The van der Waals surface area contributed by atoms with Crippen LogP contribution in [0.4, 0.5) is 13.2 Å². The number of thioether (sulfide) groups is 1. The van der Waals surface area contributed by atoms with Crippen LogP contribution < -0.4 is 5.43 Å². The molecule has 0 aliphatic carbocycles. The fraction of sp³-hybridized carbons (Fsp3) is 0.211. The minimum absolute atomic E-state index is 0.231. The van der Waals surface area contributed by atoms with E-state index in [0.29, 0.717) is 10.8 Å². The molecule has 1 amide bonds. The highest BCUT2D eigenvalue weighted by Gasteiger charge is 2.30. The van der Waals surface area contributed by atoms with E-state index in [1.165, 1.54) is 18.3 Å². The van der Waals surface area contributed by atoms with Gasteiger partial charge in [0.25, 0.3) is 5.91 Å². The lowest BCUT2D eigenvalue weighted by Gasteiger charge is -2.06. The quantitative estimate of drug-likeness (QED) is 0.362. The molecule has 0 aliphatic heterocycles. The van der Waals surface area contributed by atoms with E-state index in [-0.39, 0.29) is 5.56 Å². The fourth-order valence-electron chi connectivity index (χ4n) is 2.43. The molecule has 28 heavy (non-hydrogen) atoms. The highest BCUT2D eigenvalue weighted by atomic mass is 32.2. The molecule has 1 aromatic heterocycles. The summed E-state index contributed by atoms with van der Waals surface area (Å²) in [6.07, 6.45) is -3.27. The summed E-state index contributed by atoms with van der Waals surface area (Å²) in [5.41, 5.74) is 3.60. The molecule has 0 fully saturated rings. The van der Waals surface area contributed by atoms with E-state index in [0.717, 1.165) is 28.3 Å². The summed E-state index contributed by atoms with van der Waals surface area (Å²) in [7, 11) is 0. The van der Waals surface area contributed by atoms with Gasteiger partial charge >= 0.3 is 6.18 Å². The molecule has 0 aliphatic rings. The number of nitrogens with one attached hydrogen (secondary N) is 2. The first-order valence-corrected chi connectivity index (χ1v) is 9.27. The molecule has 0 saturated carbocycles. The summed E-state index contributed by atoms with van der Waals surface area (Å²) in [6.45, 7) is 4.11. The van der Waals surface area contributed by atoms with Gasteiger partial charge in [0.15, 0.2) is 5.16 Å². The Morgan fingerprint density at radius 1 is 1.25 bits per heavy atom. The molecule has 0 bridgehead atoms. The summed E-state index contributed by atoms with van der Waals surface area (Å²) in [5.74, 6) is -0.474. The van der Waals surface area contributed by atoms with Gasteiger partial charge in [0.1, 0.15) is 0 Å². The average molecular weight is 406 g/mol. The fourth-order valence-corrected chi connectivity index (χ4v) is 3.20. The van der Waals surface area contributed by atoms with E-state index in [9.17, 15) is 18.0 Å². The van der Waals surface area contributed by atoms with Gasteiger partial charge in [-0.1, -0.05) is 37.7 Å².